The number of aromatic hydroxyl groups is 1. The van der Waals surface area contributed by atoms with Crippen molar-refractivity contribution in [3.05, 3.63) is 40.2 Å². The van der Waals surface area contributed by atoms with Gasteiger partial charge in [-0.3, -0.25) is 4.79 Å². The molecule has 0 radical (unpaired) electrons. The highest BCUT2D eigenvalue weighted by atomic mass is 16.4. The van der Waals surface area contributed by atoms with Crippen LogP contribution in [-0.4, -0.2) is 16.2 Å². The van der Waals surface area contributed by atoms with Crippen molar-refractivity contribution in [2.75, 3.05) is 0 Å². The molecule has 1 atom stereocenters. The summed E-state index contributed by atoms with van der Waals surface area (Å²) in [6.07, 6.45) is 0.339. The molecule has 0 aliphatic carbocycles. The Morgan fingerprint density at radius 2 is 2.05 bits per heavy atom. The van der Waals surface area contributed by atoms with E-state index in [-0.39, 0.29) is 23.3 Å². The van der Waals surface area contributed by atoms with Crippen LogP contribution in [-0.2, 0) is 11.2 Å². The summed E-state index contributed by atoms with van der Waals surface area (Å²) in [6.45, 7) is 1.72. The molecule has 100 valence electrons. The third-order valence-electron chi connectivity index (χ3n) is 3.17. The lowest BCUT2D eigenvalue weighted by Crippen LogP contribution is -2.19. The zero-order valence-corrected chi connectivity index (χ0v) is 10.4. The summed E-state index contributed by atoms with van der Waals surface area (Å²) in [5.74, 6) is -1.89. The van der Waals surface area contributed by atoms with E-state index in [0.29, 0.717) is 11.8 Å². The molecule has 5 nitrogen and oxygen atoms in total. The minimum absolute atomic E-state index is 0.0213. The lowest BCUT2D eigenvalue weighted by atomic mass is 9.97. The van der Waals surface area contributed by atoms with E-state index in [1.807, 2.05) is 0 Å². The average molecular weight is 262 g/mol. The monoisotopic (exact) mass is 262 g/mol. The average Bonchev–Trinajstić information content (AvgIpc) is 2.38. The van der Waals surface area contributed by atoms with E-state index in [4.69, 9.17) is 9.52 Å². The van der Waals surface area contributed by atoms with Crippen LogP contribution in [0.15, 0.2) is 33.5 Å². The van der Waals surface area contributed by atoms with Crippen molar-refractivity contribution in [3.63, 3.8) is 0 Å². The standard InChI is InChI=1S/C14H14O5/c1-2-8(13(16)17)7-10-12(15)9-5-3-4-6-11(9)19-14(10)18/h3-6,8,15H,2,7H2,1H3,(H,16,17). The highest BCUT2D eigenvalue weighted by molar-refractivity contribution is 5.84. The van der Waals surface area contributed by atoms with Crippen molar-refractivity contribution >= 4 is 16.9 Å². The van der Waals surface area contributed by atoms with Crippen molar-refractivity contribution in [1.82, 2.24) is 0 Å². The molecule has 0 bridgehead atoms. The van der Waals surface area contributed by atoms with Gasteiger partial charge in [0.25, 0.3) is 0 Å². The number of rotatable bonds is 4. The van der Waals surface area contributed by atoms with Gasteiger partial charge in [-0.25, -0.2) is 4.79 Å². The van der Waals surface area contributed by atoms with Crippen LogP contribution in [0.1, 0.15) is 18.9 Å². The lowest BCUT2D eigenvalue weighted by Gasteiger charge is -2.10. The summed E-state index contributed by atoms with van der Waals surface area (Å²) in [4.78, 5) is 22.8. The quantitative estimate of drug-likeness (QED) is 0.824. The fourth-order valence-corrected chi connectivity index (χ4v) is 2.00. The second-order valence-electron chi connectivity index (χ2n) is 4.36. The van der Waals surface area contributed by atoms with Crippen LogP contribution in [0.2, 0.25) is 0 Å². The number of hydrogen-bond donors (Lipinski definition) is 2. The SMILES string of the molecule is CCC(Cc1c(O)c2ccccc2oc1=O)C(=O)O. The van der Waals surface area contributed by atoms with Gasteiger partial charge in [0.15, 0.2) is 0 Å². The molecule has 1 heterocycles. The first-order valence-electron chi connectivity index (χ1n) is 6.01. The van der Waals surface area contributed by atoms with Gasteiger partial charge in [0.2, 0.25) is 0 Å². The van der Waals surface area contributed by atoms with Gasteiger partial charge in [-0.1, -0.05) is 19.1 Å². The predicted octanol–water partition coefficient (Wildman–Crippen LogP) is 2.15. The van der Waals surface area contributed by atoms with E-state index in [2.05, 4.69) is 0 Å². The van der Waals surface area contributed by atoms with Crippen molar-refractivity contribution in [3.8, 4) is 5.75 Å². The number of benzene rings is 1. The molecule has 2 aromatic rings. The van der Waals surface area contributed by atoms with Crippen LogP contribution in [0.5, 0.6) is 5.75 Å². The van der Waals surface area contributed by atoms with Crippen LogP contribution in [0.3, 0.4) is 0 Å². The van der Waals surface area contributed by atoms with E-state index >= 15 is 0 Å². The molecular weight excluding hydrogens is 248 g/mol. The maximum absolute atomic E-state index is 11.8. The topological polar surface area (TPSA) is 87.7 Å². The van der Waals surface area contributed by atoms with Gasteiger partial charge < -0.3 is 14.6 Å². The van der Waals surface area contributed by atoms with Crippen LogP contribution < -0.4 is 5.63 Å². The fraction of sp³-hybridized carbons (Fsp3) is 0.286. The predicted molar refractivity (Wildman–Crippen MR) is 69.3 cm³/mol. The van der Waals surface area contributed by atoms with Crippen LogP contribution in [0, 0.1) is 5.92 Å². The molecule has 19 heavy (non-hydrogen) atoms. The van der Waals surface area contributed by atoms with Crippen LogP contribution in [0.25, 0.3) is 11.0 Å². The van der Waals surface area contributed by atoms with Crippen LogP contribution in [0.4, 0.5) is 0 Å². The van der Waals surface area contributed by atoms with Gasteiger partial charge >= 0.3 is 11.6 Å². The van der Waals surface area contributed by atoms with Gasteiger partial charge in [-0.05, 0) is 25.0 Å². The Bertz CT molecular complexity index is 671. The van der Waals surface area contributed by atoms with Crippen molar-refractivity contribution in [2.45, 2.75) is 19.8 Å². The minimum Gasteiger partial charge on any atom is -0.507 e. The molecule has 0 saturated heterocycles. The van der Waals surface area contributed by atoms with Crippen molar-refractivity contribution < 1.29 is 19.4 Å². The van der Waals surface area contributed by atoms with Gasteiger partial charge in [0.1, 0.15) is 11.3 Å². The molecule has 1 unspecified atom stereocenters. The Hall–Kier alpha value is -2.30. The molecule has 1 aromatic carbocycles. The normalized spacial score (nSPS) is 12.5. The first kappa shape index (κ1) is 13.1. The molecule has 2 rings (SSSR count). The van der Waals surface area contributed by atoms with Crippen LogP contribution >= 0.6 is 0 Å². The maximum Gasteiger partial charge on any atom is 0.343 e. The first-order valence-corrected chi connectivity index (χ1v) is 6.01. The molecule has 0 aliphatic heterocycles. The number of fused-ring (bicyclic) bond motifs is 1. The largest absolute Gasteiger partial charge is 0.507 e. The Balaban J connectivity index is 2.54. The highest BCUT2D eigenvalue weighted by Crippen LogP contribution is 2.28. The van der Waals surface area contributed by atoms with Gasteiger partial charge in [0.05, 0.1) is 16.9 Å². The maximum atomic E-state index is 11.8. The third kappa shape index (κ3) is 2.45. The highest BCUT2D eigenvalue weighted by Gasteiger charge is 2.22. The van der Waals surface area contributed by atoms with Gasteiger partial charge in [-0.15, -0.1) is 0 Å². The summed E-state index contributed by atoms with van der Waals surface area (Å²) in [5, 5.41) is 19.5. The number of carboxylic acid groups (broad SMARTS) is 1. The number of carbonyl (C=O) groups is 1. The minimum atomic E-state index is -0.991. The van der Waals surface area contributed by atoms with E-state index in [1.54, 1.807) is 31.2 Å². The summed E-state index contributed by atoms with van der Waals surface area (Å²) >= 11 is 0. The van der Waals surface area contributed by atoms with Gasteiger partial charge in [0, 0.05) is 0 Å². The number of aliphatic carboxylic acids is 1. The van der Waals surface area contributed by atoms with E-state index in [9.17, 15) is 14.7 Å². The Morgan fingerprint density at radius 3 is 2.68 bits per heavy atom. The van der Waals surface area contributed by atoms with Gasteiger partial charge in [-0.2, -0.15) is 0 Å². The second-order valence-corrected chi connectivity index (χ2v) is 4.36. The molecule has 5 heteroatoms. The lowest BCUT2D eigenvalue weighted by molar-refractivity contribution is -0.141. The summed E-state index contributed by atoms with van der Waals surface area (Å²) in [7, 11) is 0. The van der Waals surface area contributed by atoms with Crippen molar-refractivity contribution in [2.24, 2.45) is 5.92 Å². The van der Waals surface area contributed by atoms with E-state index in [0.717, 1.165) is 0 Å². The molecule has 0 fully saturated rings. The number of para-hydroxylation sites is 1. The molecule has 0 aliphatic rings. The third-order valence-corrected chi connectivity index (χ3v) is 3.17. The summed E-state index contributed by atoms with van der Waals surface area (Å²) < 4.78 is 5.09. The zero-order valence-electron chi connectivity index (χ0n) is 10.4. The summed E-state index contributed by atoms with van der Waals surface area (Å²) in [6, 6.07) is 6.60. The Labute approximate surface area is 109 Å². The molecular formula is C14H14O5. The first-order chi connectivity index (χ1) is 9.04. The molecule has 2 N–H and O–H groups in total. The molecule has 0 saturated carbocycles. The van der Waals surface area contributed by atoms with Crippen molar-refractivity contribution in [1.29, 1.82) is 0 Å². The number of hydrogen-bond acceptors (Lipinski definition) is 4. The summed E-state index contributed by atoms with van der Waals surface area (Å²) in [5.41, 5.74) is -0.374. The smallest absolute Gasteiger partial charge is 0.343 e. The Morgan fingerprint density at radius 1 is 1.37 bits per heavy atom. The zero-order chi connectivity index (χ0) is 14.0. The number of carboxylic acids is 1. The second kappa shape index (κ2) is 5.14. The molecule has 0 spiro atoms. The molecule has 0 amide bonds. The van der Waals surface area contributed by atoms with E-state index in [1.165, 1.54) is 0 Å². The molecule has 1 aromatic heterocycles. The van der Waals surface area contributed by atoms with E-state index < -0.39 is 17.5 Å². The Kier molecular flexibility index (Phi) is 3.55. The fourth-order valence-electron chi connectivity index (χ4n) is 2.00.